The number of rotatable bonds is 5. The van der Waals surface area contributed by atoms with Gasteiger partial charge in [-0.2, -0.15) is 4.90 Å². The van der Waals surface area contributed by atoms with Crippen molar-refractivity contribution in [2.24, 2.45) is 0 Å². The molecule has 3 heteroatoms. The van der Waals surface area contributed by atoms with E-state index in [0.717, 1.165) is 4.90 Å². The summed E-state index contributed by atoms with van der Waals surface area (Å²) >= 11 is 5.96. The molecule has 0 radical (unpaired) electrons. The van der Waals surface area contributed by atoms with Gasteiger partial charge in [-0.1, -0.05) is 53.6 Å². The zero-order valence-electron chi connectivity index (χ0n) is 22.9. The summed E-state index contributed by atoms with van der Waals surface area (Å²) in [5.41, 5.74) is 12.6. The molecule has 34 heavy (non-hydrogen) atoms. The van der Waals surface area contributed by atoms with Crippen molar-refractivity contribution >= 4 is 20.6 Å². The average Bonchev–Trinajstić information content (AvgIpc) is 2.71. The van der Waals surface area contributed by atoms with Crippen molar-refractivity contribution < 1.29 is 19.5 Å². The molecule has 0 unspecified atom stereocenters. The molecule has 0 aliphatic heterocycles. The van der Waals surface area contributed by atoms with Crippen LogP contribution in [-0.2, 0) is 32.1 Å². The van der Waals surface area contributed by atoms with Crippen LogP contribution in [0.1, 0.15) is 54.2 Å². The Morgan fingerprint density at radius 3 is 1.15 bits per heavy atom. The molecular formula is C31H45PRuS+. The summed E-state index contributed by atoms with van der Waals surface area (Å²) in [4.78, 5) is 0.951. The van der Waals surface area contributed by atoms with Crippen LogP contribution in [0.15, 0.2) is 47.4 Å². The zero-order chi connectivity index (χ0) is 24.0. The molecule has 0 bridgehead atoms. The van der Waals surface area contributed by atoms with E-state index in [1.54, 1.807) is 0 Å². The van der Waals surface area contributed by atoms with Gasteiger partial charge in [-0.25, -0.2) is 0 Å². The molecule has 0 atom stereocenters. The molecule has 187 valence electrons. The maximum atomic E-state index is 5.96. The van der Waals surface area contributed by atoms with Crippen LogP contribution in [0.2, 0.25) is 0 Å². The van der Waals surface area contributed by atoms with Gasteiger partial charge < -0.3 is 20.1 Å². The Balaban J connectivity index is 0.00000106. The summed E-state index contributed by atoms with van der Waals surface area (Å²) in [6.07, 6.45) is 4.37. The topological polar surface area (TPSA) is 0 Å². The van der Waals surface area contributed by atoms with E-state index in [9.17, 15) is 0 Å². The predicted molar refractivity (Wildman–Crippen MR) is 159 cm³/mol. The van der Waals surface area contributed by atoms with E-state index >= 15 is 0 Å². The minimum atomic E-state index is 0. The van der Waals surface area contributed by atoms with Crippen molar-refractivity contribution in [2.45, 2.75) is 67.2 Å². The minimum absolute atomic E-state index is 0. The SMILES string of the molecule is CC[PH+](CC)CC.Cc1cc(C)c(-c2cccc(-c3c(C)cc(C)cc3C)c2[S-])c(C)c1.[CH3-].[RuH+2]. The monoisotopic (exact) mass is 582 g/mol. The van der Waals surface area contributed by atoms with Crippen LogP contribution in [0.5, 0.6) is 0 Å². The number of hydrogen-bond acceptors (Lipinski definition) is 1. The van der Waals surface area contributed by atoms with E-state index < -0.39 is 0 Å². The van der Waals surface area contributed by atoms with E-state index in [1.165, 1.54) is 74.1 Å². The molecule has 0 fully saturated rings. The molecule has 0 aliphatic carbocycles. The summed E-state index contributed by atoms with van der Waals surface area (Å²) in [7, 11) is 0.137. The van der Waals surface area contributed by atoms with Crippen molar-refractivity contribution in [2.75, 3.05) is 18.5 Å². The van der Waals surface area contributed by atoms with Gasteiger partial charge in [-0.05, 0) is 115 Å². The molecular weight excluding hydrogens is 536 g/mol. The summed E-state index contributed by atoms with van der Waals surface area (Å²) < 4.78 is 0. The van der Waals surface area contributed by atoms with E-state index in [4.69, 9.17) is 12.6 Å². The molecule has 0 saturated carbocycles. The molecule has 3 rings (SSSR count). The normalized spacial score (nSPS) is 10.2. The Hall–Kier alpha value is -1.07. The first-order chi connectivity index (χ1) is 15.1. The summed E-state index contributed by atoms with van der Waals surface area (Å²) in [5, 5.41) is 0. The van der Waals surface area contributed by atoms with Crippen LogP contribution in [0.3, 0.4) is 0 Å². The first-order valence-corrected chi connectivity index (χ1v) is 14.5. The average molecular weight is 582 g/mol. The van der Waals surface area contributed by atoms with E-state index in [1.807, 2.05) is 0 Å². The van der Waals surface area contributed by atoms with Crippen LogP contribution < -0.4 is 0 Å². The molecule has 0 nitrogen and oxygen atoms in total. The fourth-order valence-corrected chi connectivity index (χ4v) is 6.73. The third-order valence-corrected chi connectivity index (χ3v) is 9.85. The van der Waals surface area contributed by atoms with Crippen molar-refractivity contribution in [1.82, 2.24) is 0 Å². The maximum absolute atomic E-state index is 5.96. The Labute approximate surface area is 230 Å². The number of benzene rings is 3. The molecule has 0 N–H and O–H groups in total. The zero-order valence-corrected chi connectivity index (χ0v) is 26.6. The molecule has 0 spiro atoms. The Kier molecular flexibility index (Phi) is 14.7. The second-order valence-electron chi connectivity index (χ2n) is 9.04. The van der Waals surface area contributed by atoms with Gasteiger partial charge in [-0.3, -0.25) is 0 Å². The van der Waals surface area contributed by atoms with Crippen molar-refractivity contribution in [1.29, 1.82) is 0 Å². The molecule has 3 aromatic rings. The van der Waals surface area contributed by atoms with Crippen LogP contribution in [0.25, 0.3) is 22.3 Å². The van der Waals surface area contributed by atoms with Gasteiger partial charge in [0.1, 0.15) is 0 Å². The second-order valence-corrected chi connectivity index (χ2v) is 13.1. The predicted octanol–water partition coefficient (Wildman–Crippen LogP) is 9.22. The van der Waals surface area contributed by atoms with Crippen LogP contribution in [0.4, 0.5) is 0 Å². The van der Waals surface area contributed by atoms with E-state index in [2.05, 4.69) is 105 Å². The first-order valence-electron chi connectivity index (χ1n) is 11.9. The molecule has 0 aromatic heterocycles. The van der Waals surface area contributed by atoms with Crippen LogP contribution in [0, 0.1) is 49.0 Å². The molecule has 0 saturated heterocycles. The van der Waals surface area contributed by atoms with Crippen LogP contribution in [-0.4, -0.2) is 18.5 Å². The van der Waals surface area contributed by atoms with Crippen LogP contribution >= 0.6 is 7.92 Å². The number of hydrogen-bond donors (Lipinski definition) is 0. The quantitative estimate of drug-likeness (QED) is 0.125. The van der Waals surface area contributed by atoms with E-state index in [-0.39, 0.29) is 34.8 Å². The number of aryl methyl sites for hydroxylation is 6. The summed E-state index contributed by atoms with van der Waals surface area (Å²) in [6.45, 7) is 19.9. The third-order valence-electron chi connectivity index (χ3n) is 6.41. The molecule has 0 aliphatic rings. The van der Waals surface area contributed by atoms with Crippen molar-refractivity contribution in [3.8, 4) is 22.3 Å². The summed E-state index contributed by atoms with van der Waals surface area (Å²) in [6, 6.07) is 15.4. The van der Waals surface area contributed by atoms with Gasteiger partial charge in [0.25, 0.3) is 0 Å². The Morgan fingerprint density at radius 2 is 0.912 bits per heavy atom. The second kappa shape index (κ2) is 15.1. The Bertz CT molecular complexity index is 940. The first kappa shape index (κ1) is 32.9. The third kappa shape index (κ3) is 7.98. The van der Waals surface area contributed by atoms with Gasteiger partial charge in [0.2, 0.25) is 0 Å². The fourth-order valence-electron chi connectivity index (χ4n) is 4.89. The van der Waals surface area contributed by atoms with Gasteiger partial charge in [0, 0.05) is 0 Å². The Morgan fingerprint density at radius 1 is 0.618 bits per heavy atom. The van der Waals surface area contributed by atoms with Gasteiger partial charge >= 0.3 is 19.5 Å². The standard InChI is InChI=1S/C24H26S.C6H15P.CH3.Ru.H/c1-14-10-16(3)22(17(4)11-14)20-8-7-9-21(24(20)25)23-18(5)12-15(2)13-19(23)6;1-4-7(5-2)6-3;;;/h7-13,25H,1-6H3;4-6H2,1-3H3;1H3;;/q;;-1;+2;. The van der Waals surface area contributed by atoms with Crippen molar-refractivity contribution in [3.63, 3.8) is 0 Å². The fraction of sp³-hybridized carbons (Fsp3) is 0.387. The van der Waals surface area contributed by atoms with E-state index in [0.29, 0.717) is 0 Å². The molecule has 3 aromatic carbocycles. The van der Waals surface area contributed by atoms with Gasteiger partial charge in [0.05, 0.1) is 18.5 Å². The summed E-state index contributed by atoms with van der Waals surface area (Å²) in [5.74, 6) is 0. The molecule has 0 heterocycles. The van der Waals surface area contributed by atoms with Crippen molar-refractivity contribution in [3.05, 3.63) is 83.3 Å². The molecule has 0 amide bonds. The van der Waals surface area contributed by atoms with Gasteiger partial charge in [0.15, 0.2) is 0 Å². The van der Waals surface area contributed by atoms with Gasteiger partial charge in [-0.15, -0.1) is 0 Å².